The third-order valence-electron chi connectivity index (χ3n) is 6.31. The summed E-state index contributed by atoms with van der Waals surface area (Å²) < 4.78 is 0. The quantitative estimate of drug-likeness (QED) is 0.299. The van der Waals surface area contributed by atoms with Crippen LogP contribution in [-0.2, 0) is 6.54 Å². The van der Waals surface area contributed by atoms with E-state index in [0.29, 0.717) is 6.54 Å². The molecule has 2 aliphatic rings. The third kappa shape index (κ3) is 8.38. The Morgan fingerprint density at radius 2 is 1.94 bits per heavy atom. The zero-order valence-corrected chi connectivity index (χ0v) is 22.0. The number of aliphatic imine (C=N–C) groups is 1. The Labute approximate surface area is 206 Å². The first-order valence-electron chi connectivity index (χ1n) is 11.8. The highest BCUT2D eigenvalue weighted by molar-refractivity contribution is 14.0. The van der Waals surface area contributed by atoms with Crippen molar-refractivity contribution < 1.29 is 0 Å². The number of nitrogens with zero attached hydrogens (tertiary/aromatic N) is 5. The molecule has 0 spiro atoms. The van der Waals surface area contributed by atoms with E-state index in [2.05, 4.69) is 63.3 Å². The van der Waals surface area contributed by atoms with Crippen molar-refractivity contribution in [1.29, 1.82) is 0 Å². The molecule has 3 heterocycles. The summed E-state index contributed by atoms with van der Waals surface area (Å²) in [5, 5.41) is 6.92. The molecule has 1 atom stereocenters. The molecule has 0 aliphatic carbocycles. The zero-order valence-electron chi connectivity index (χ0n) is 19.6. The van der Waals surface area contributed by atoms with Gasteiger partial charge in [-0.15, -0.1) is 24.0 Å². The summed E-state index contributed by atoms with van der Waals surface area (Å²) in [5.74, 6) is 1.98. The first-order chi connectivity index (χ1) is 14.7. The van der Waals surface area contributed by atoms with Gasteiger partial charge in [0, 0.05) is 58.1 Å². The molecule has 1 unspecified atom stereocenters. The molecule has 1 aromatic rings. The van der Waals surface area contributed by atoms with Gasteiger partial charge in [0.1, 0.15) is 5.82 Å². The van der Waals surface area contributed by atoms with Gasteiger partial charge in [0.05, 0.1) is 6.54 Å². The molecule has 31 heavy (non-hydrogen) atoms. The average molecular weight is 544 g/mol. The van der Waals surface area contributed by atoms with Crippen LogP contribution in [0.2, 0.25) is 0 Å². The van der Waals surface area contributed by atoms with E-state index in [1.54, 1.807) is 0 Å². The molecule has 176 valence electrons. The van der Waals surface area contributed by atoms with Crippen LogP contribution in [0.4, 0.5) is 5.82 Å². The predicted octanol–water partition coefficient (Wildman–Crippen LogP) is 2.77. The number of guanidine groups is 1. The molecule has 2 aliphatic heterocycles. The Hall–Kier alpha value is -1.13. The number of pyridine rings is 1. The number of piperazine rings is 1. The SMILES string of the molecule is CCNC(=NCc1ccnc(N2CCN(C)CC2)c1)NCCN1CCCCC1CC.I. The Morgan fingerprint density at radius 3 is 2.68 bits per heavy atom. The minimum absolute atomic E-state index is 0. The highest BCUT2D eigenvalue weighted by Gasteiger charge is 2.20. The van der Waals surface area contributed by atoms with Gasteiger partial charge in [-0.25, -0.2) is 9.98 Å². The summed E-state index contributed by atoms with van der Waals surface area (Å²) in [4.78, 5) is 16.8. The first kappa shape index (κ1) is 26.1. The van der Waals surface area contributed by atoms with Crippen LogP contribution in [-0.4, -0.2) is 86.2 Å². The smallest absolute Gasteiger partial charge is 0.191 e. The van der Waals surface area contributed by atoms with E-state index in [4.69, 9.17) is 4.99 Å². The average Bonchev–Trinajstić information content (AvgIpc) is 2.78. The molecular formula is C23H42IN7. The number of likely N-dealkylation sites (tertiary alicyclic amines) is 1. The van der Waals surface area contributed by atoms with E-state index in [1.807, 2.05) is 6.20 Å². The largest absolute Gasteiger partial charge is 0.357 e. The third-order valence-corrected chi connectivity index (χ3v) is 6.31. The lowest BCUT2D eigenvalue weighted by molar-refractivity contribution is 0.147. The van der Waals surface area contributed by atoms with Crippen molar-refractivity contribution >= 4 is 35.8 Å². The molecule has 7 nitrogen and oxygen atoms in total. The number of aromatic nitrogens is 1. The van der Waals surface area contributed by atoms with E-state index in [0.717, 1.165) is 63.6 Å². The van der Waals surface area contributed by atoms with E-state index in [9.17, 15) is 0 Å². The van der Waals surface area contributed by atoms with Gasteiger partial charge in [0.25, 0.3) is 0 Å². The van der Waals surface area contributed by atoms with Crippen molar-refractivity contribution in [2.75, 3.05) is 64.3 Å². The van der Waals surface area contributed by atoms with Crippen molar-refractivity contribution in [1.82, 2.24) is 25.4 Å². The highest BCUT2D eigenvalue weighted by atomic mass is 127. The lowest BCUT2D eigenvalue weighted by Crippen LogP contribution is -2.45. The Kier molecular flexibility index (Phi) is 11.9. The molecule has 0 radical (unpaired) electrons. The fourth-order valence-electron chi connectivity index (χ4n) is 4.41. The second-order valence-electron chi connectivity index (χ2n) is 8.53. The minimum Gasteiger partial charge on any atom is -0.357 e. The number of hydrogen-bond donors (Lipinski definition) is 2. The monoisotopic (exact) mass is 543 g/mol. The molecule has 0 bridgehead atoms. The van der Waals surface area contributed by atoms with Crippen LogP contribution in [0.15, 0.2) is 23.3 Å². The number of halogens is 1. The number of hydrogen-bond acceptors (Lipinski definition) is 5. The van der Waals surface area contributed by atoms with Gasteiger partial charge < -0.3 is 20.4 Å². The van der Waals surface area contributed by atoms with Crippen LogP contribution < -0.4 is 15.5 Å². The van der Waals surface area contributed by atoms with E-state index in [-0.39, 0.29) is 24.0 Å². The van der Waals surface area contributed by atoms with Crippen LogP contribution in [0.1, 0.15) is 45.1 Å². The Morgan fingerprint density at radius 1 is 1.13 bits per heavy atom. The molecular weight excluding hydrogens is 501 g/mol. The normalized spacial score (nSPS) is 20.9. The van der Waals surface area contributed by atoms with Crippen LogP contribution in [0.3, 0.4) is 0 Å². The number of nitrogens with one attached hydrogen (secondary N) is 2. The van der Waals surface area contributed by atoms with Crippen LogP contribution in [0, 0.1) is 0 Å². The molecule has 2 fully saturated rings. The molecule has 1 aromatic heterocycles. The number of anilines is 1. The second kappa shape index (κ2) is 14.1. The van der Waals surface area contributed by atoms with Gasteiger partial charge in [-0.1, -0.05) is 13.3 Å². The van der Waals surface area contributed by atoms with Gasteiger partial charge in [-0.05, 0) is 57.5 Å². The van der Waals surface area contributed by atoms with E-state index < -0.39 is 0 Å². The van der Waals surface area contributed by atoms with Gasteiger partial charge in [0.2, 0.25) is 0 Å². The standard InChI is InChI=1S/C23H41N7.HI/c1-4-21-8-6-7-12-29(21)13-11-26-23(24-5-2)27-19-20-9-10-25-22(18-20)30-16-14-28(3)15-17-30;/h9-10,18,21H,4-8,11-17,19H2,1-3H3,(H2,24,26,27);1H. The first-order valence-corrected chi connectivity index (χ1v) is 11.8. The maximum atomic E-state index is 4.83. The van der Waals surface area contributed by atoms with Crippen molar-refractivity contribution in [2.45, 2.75) is 52.1 Å². The summed E-state index contributed by atoms with van der Waals surface area (Å²) in [6.45, 7) is 13.5. The molecule has 0 saturated carbocycles. The topological polar surface area (TPSA) is 59.0 Å². The molecule has 0 aromatic carbocycles. The number of piperidine rings is 1. The predicted molar refractivity (Wildman–Crippen MR) is 142 cm³/mol. The fourth-order valence-corrected chi connectivity index (χ4v) is 4.41. The lowest BCUT2D eigenvalue weighted by atomic mass is 10.0. The summed E-state index contributed by atoms with van der Waals surface area (Å²) in [6, 6.07) is 5.02. The maximum Gasteiger partial charge on any atom is 0.191 e. The van der Waals surface area contributed by atoms with Crippen molar-refractivity contribution in [3.8, 4) is 0 Å². The van der Waals surface area contributed by atoms with Gasteiger partial charge >= 0.3 is 0 Å². The van der Waals surface area contributed by atoms with Crippen molar-refractivity contribution in [2.24, 2.45) is 4.99 Å². The van der Waals surface area contributed by atoms with Crippen molar-refractivity contribution in [3.63, 3.8) is 0 Å². The van der Waals surface area contributed by atoms with Gasteiger partial charge in [0.15, 0.2) is 5.96 Å². The van der Waals surface area contributed by atoms with Crippen LogP contribution >= 0.6 is 24.0 Å². The van der Waals surface area contributed by atoms with Crippen LogP contribution in [0.5, 0.6) is 0 Å². The Balaban J connectivity index is 0.00000341. The molecule has 2 N–H and O–H groups in total. The molecule has 0 amide bonds. The highest BCUT2D eigenvalue weighted by Crippen LogP contribution is 2.18. The van der Waals surface area contributed by atoms with E-state index in [1.165, 1.54) is 37.8 Å². The molecule has 2 saturated heterocycles. The van der Waals surface area contributed by atoms with E-state index >= 15 is 0 Å². The maximum absolute atomic E-state index is 4.83. The van der Waals surface area contributed by atoms with Crippen LogP contribution in [0.25, 0.3) is 0 Å². The summed E-state index contributed by atoms with van der Waals surface area (Å²) in [7, 11) is 2.18. The van der Waals surface area contributed by atoms with Gasteiger partial charge in [-0.2, -0.15) is 0 Å². The summed E-state index contributed by atoms with van der Waals surface area (Å²) in [5.41, 5.74) is 1.21. The molecule has 8 heteroatoms. The Bertz CT molecular complexity index is 661. The minimum atomic E-state index is 0. The summed E-state index contributed by atoms with van der Waals surface area (Å²) >= 11 is 0. The number of likely N-dealkylation sites (N-methyl/N-ethyl adjacent to an activating group) is 1. The lowest BCUT2D eigenvalue weighted by Gasteiger charge is -2.35. The van der Waals surface area contributed by atoms with Crippen molar-refractivity contribution in [3.05, 3.63) is 23.9 Å². The second-order valence-corrected chi connectivity index (χ2v) is 8.53. The van der Waals surface area contributed by atoms with Gasteiger partial charge in [-0.3, -0.25) is 4.90 Å². The summed E-state index contributed by atoms with van der Waals surface area (Å²) in [6.07, 6.45) is 7.24. The molecule has 3 rings (SSSR count). The number of rotatable bonds is 8. The fraction of sp³-hybridized carbons (Fsp3) is 0.739. The zero-order chi connectivity index (χ0) is 21.2.